The van der Waals surface area contributed by atoms with Gasteiger partial charge in [-0.1, -0.05) is 0 Å². The summed E-state index contributed by atoms with van der Waals surface area (Å²) in [6.45, 7) is 0.210. The van der Waals surface area contributed by atoms with Crippen LogP contribution in [0.4, 0.5) is 13.2 Å². The van der Waals surface area contributed by atoms with Gasteiger partial charge in [0.2, 0.25) is 0 Å². The maximum Gasteiger partial charge on any atom is 0.434 e. The Morgan fingerprint density at radius 1 is 1.48 bits per heavy atom. The predicted octanol–water partition coefficient (Wildman–Crippen LogP) is 2.76. The minimum atomic E-state index is -4.39. The molecule has 0 saturated carbocycles. The molecule has 0 radical (unpaired) electrons. The van der Waals surface area contributed by atoms with Crippen LogP contribution in [0.5, 0.6) is 0 Å². The van der Waals surface area contributed by atoms with Crippen LogP contribution in [0.3, 0.4) is 0 Å². The average Bonchev–Trinajstić information content (AvgIpc) is 3.18. The SMILES string of the molecule is CN=C(NCc1nc(C(F)(F)F)cs1)NC1CC2CCC1O2.I. The maximum atomic E-state index is 12.5. The normalized spacial score (nSPS) is 27.0. The molecule has 0 spiro atoms. The molecule has 2 aliphatic heterocycles. The Morgan fingerprint density at radius 2 is 2.26 bits per heavy atom. The van der Waals surface area contributed by atoms with Crippen molar-refractivity contribution in [2.24, 2.45) is 4.99 Å². The van der Waals surface area contributed by atoms with Crippen molar-refractivity contribution in [2.75, 3.05) is 7.05 Å². The van der Waals surface area contributed by atoms with E-state index in [2.05, 4.69) is 20.6 Å². The summed E-state index contributed by atoms with van der Waals surface area (Å²) in [5, 5.41) is 7.67. The Morgan fingerprint density at radius 3 is 2.78 bits per heavy atom. The number of nitrogens with zero attached hydrogens (tertiary/aromatic N) is 2. The van der Waals surface area contributed by atoms with Crippen molar-refractivity contribution >= 4 is 41.3 Å². The van der Waals surface area contributed by atoms with E-state index in [1.54, 1.807) is 7.05 Å². The fourth-order valence-electron chi connectivity index (χ4n) is 2.84. The van der Waals surface area contributed by atoms with Crippen LogP contribution in [0.15, 0.2) is 10.4 Å². The molecule has 2 fully saturated rings. The van der Waals surface area contributed by atoms with E-state index in [-0.39, 0.29) is 42.7 Å². The summed E-state index contributed by atoms with van der Waals surface area (Å²) in [5.41, 5.74) is -0.848. The highest BCUT2D eigenvalue weighted by Gasteiger charge is 2.41. The van der Waals surface area contributed by atoms with Crippen LogP contribution in [0.1, 0.15) is 30.0 Å². The number of hydrogen-bond donors (Lipinski definition) is 2. The Hall–Kier alpha value is -0.620. The Labute approximate surface area is 153 Å². The van der Waals surface area contributed by atoms with Gasteiger partial charge in [-0.05, 0) is 19.3 Å². The molecule has 2 saturated heterocycles. The number of guanidine groups is 1. The van der Waals surface area contributed by atoms with Crippen LogP contribution in [-0.4, -0.2) is 36.2 Å². The molecule has 0 aliphatic carbocycles. The number of alkyl halides is 3. The van der Waals surface area contributed by atoms with E-state index >= 15 is 0 Å². The van der Waals surface area contributed by atoms with Gasteiger partial charge in [0, 0.05) is 12.4 Å². The first kappa shape index (κ1) is 18.7. The molecule has 3 atom stereocenters. The van der Waals surface area contributed by atoms with Crippen LogP contribution in [0, 0.1) is 0 Å². The molecule has 23 heavy (non-hydrogen) atoms. The average molecular weight is 462 g/mol. The Bertz CT molecular complexity index is 566. The maximum absolute atomic E-state index is 12.5. The number of hydrogen-bond acceptors (Lipinski definition) is 4. The third kappa shape index (κ3) is 4.47. The highest BCUT2D eigenvalue weighted by molar-refractivity contribution is 14.0. The minimum absolute atomic E-state index is 0. The zero-order valence-electron chi connectivity index (χ0n) is 12.4. The van der Waals surface area contributed by atoms with Crippen molar-refractivity contribution in [3.8, 4) is 0 Å². The number of nitrogens with one attached hydrogen (secondary N) is 2. The Kier molecular flexibility index (Phi) is 6.11. The van der Waals surface area contributed by atoms with E-state index in [1.165, 1.54) is 0 Å². The summed E-state index contributed by atoms with van der Waals surface area (Å²) in [6.07, 6.45) is -0.764. The Balaban J connectivity index is 0.00000192. The molecule has 130 valence electrons. The monoisotopic (exact) mass is 462 g/mol. The van der Waals surface area contributed by atoms with Gasteiger partial charge in [0.1, 0.15) is 5.01 Å². The second-order valence-corrected chi connectivity index (χ2v) is 6.35. The summed E-state index contributed by atoms with van der Waals surface area (Å²) in [6, 6.07) is 0.215. The topological polar surface area (TPSA) is 58.5 Å². The van der Waals surface area contributed by atoms with Crippen molar-refractivity contribution < 1.29 is 17.9 Å². The summed E-state index contributed by atoms with van der Waals surface area (Å²) < 4.78 is 43.2. The lowest BCUT2D eigenvalue weighted by Gasteiger charge is -2.22. The molecule has 2 aliphatic rings. The van der Waals surface area contributed by atoms with Crippen molar-refractivity contribution in [1.82, 2.24) is 15.6 Å². The van der Waals surface area contributed by atoms with Crippen molar-refractivity contribution in [3.63, 3.8) is 0 Å². The predicted molar refractivity (Wildman–Crippen MR) is 92.2 cm³/mol. The molecule has 5 nitrogen and oxygen atoms in total. The molecule has 2 bridgehead atoms. The molecular weight excluding hydrogens is 444 g/mol. The van der Waals surface area contributed by atoms with Crippen LogP contribution in [0.2, 0.25) is 0 Å². The van der Waals surface area contributed by atoms with Crippen molar-refractivity contribution in [1.29, 1.82) is 0 Å². The van der Waals surface area contributed by atoms with E-state index in [0.717, 1.165) is 36.0 Å². The van der Waals surface area contributed by atoms with E-state index in [9.17, 15) is 13.2 Å². The molecule has 1 aromatic rings. The van der Waals surface area contributed by atoms with Crippen molar-refractivity contribution in [2.45, 2.75) is 50.2 Å². The molecule has 2 N–H and O–H groups in total. The molecule has 0 amide bonds. The number of aromatic nitrogens is 1. The largest absolute Gasteiger partial charge is 0.434 e. The number of halogens is 4. The van der Waals surface area contributed by atoms with Gasteiger partial charge in [0.25, 0.3) is 0 Å². The molecule has 1 aromatic heterocycles. The molecule has 3 rings (SSSR count). The van der Waals surface area contributed by atoms with E-state index in [1.807, 2.05) is 0 Å². The second kappa shape index (κ2) is 7.51. The van der Waals surface area contributed by atoms with Gasteiger partial charge in [-0.2, -0.15) is 13.2 Å². The smallest absolute Gasteiger partial charge is 0.373 e. The zero-order chi connectivity index (χ0) is 15.7. The number of fused-ring (bicyclic) bond motifs is 2. The van der Waals surface area contributed by atoms with Gasteiger partial charge in [-0.3, -0.25) is 4.99 Å². The quantitative estimate of drug-likeness (QED) is 0.412. The second-order valence-electron chi connectivity index (χ2n) is 5.41. The summed E-state index contributed by atoms with van der Waals surface area (Å²) in [7, 11) is 1.63. The standard InChI is InChI=1S/C13H17F3N4OS.HI/c1-17-12(19-8-4-7-2-3-9(8)21-7)18-5-11-20-10(6-22-11)13(14,15)16;/h6-9H,2-5H2,1H3,(H2,17,18,19);1H. The third-order valence-corrected chi connectivity index (χ3v) is 4.75. The molecular formula is C13H18F3IN4OS. The number of thiazole rings is 1. The fourth-order valence-corrected chi connectivity index (χ4v) is 3.58. The first-order chi connectivity index (χ1) is 10.5. The lowest BCUT2D eigenvalue weighted by Crippen LogP contribution is -2.47. The summed E-state index contributed by atoms with van der Waals surface area (Å²) >= 11 is 0.983. The number of rotatable bonds is 3. The van der Waals surface area contributed by atoms with Crippen LogP contribution in [-0.2, 0) is 17.5 Å². The highest BCUT2D eigenvalue weighted by Crippen LogP contribution is 2.34. The lowest BCUT2D eigenvalue weighted by molar-refractivity contribution is -0.140. The van der Waals surface area contributed by atoms with Gasteiger partial charge < -0.3 is 15.4 Å². The van der Waals surface area contributed by atoms with E-state index in [0.29, 0.717) is 17.1 Å². The highest BCUT2D eigenvalue weighted by atomic mass is 127. The van der Waals surface area contributed by atoms with Gasteiger partial charge in [-0.15, -0.1) is 35.3 Å². The number of ether oxygens (including phenoxy) is 1. The molecule has 3 heterocycles. The van der Waals surface area contributed by atoms with E-state index in [4.69, 9.17) is 4.74 Å². The van der Waals surface area contributed by atoms with Crippen LogP contribution >= 0.6 is 35.3 Å². The number of aliphatic imine (C=N–C) groups is 1. The van der Waals surface area contributed by atoms with E-state index < -0.39 is 11.9 Å². The van der Waals surface area contributed by atoms with Crippen LogP contribution < -0.4 is 10.6 Å². The summed E-state index contributed by atoms with van der Waals surface area (Å²) in [4.78, 5) is 7.68. The van der Waals surface area contributed by atoms with Gasteiger partial charge in [0.05, 0.1) is 24.8 Å². The molecule has 0 aromatic carbocycles. The molecule has 3 unspecified atom stereocenters. The molecule has 10 heteroatoms. The zero-order valence-corrected chi connectivity index (χ0v) is 15.5. The van der Waals surface area contributed by atoms with Crippen LogP contribution in [0.25, 0.3) is 0 Å². The first-order valence-electron chi connectivity index (χ1n) is 7.10. The third-order valence-electron chi connectivity index (χ3n) is 3.90. The van der Waals surface area contributed by atoms with Gasteiger partial charge >= 0.3 is 6.18 Å². The summed E-state index contributed by atoms with van der Waals surface area (Å²) in [5.74, 6) is 0.560. The van der Waals surface area contributed by atoms with Gasteiger partial charge in [0.15, 0.2) is 11.7 Å². The lowest BCUT2D eigenvalue weighted by atomic mass is 9.96. The van der Waals surface area contributed by atoms with Crippen molar-refractivity contribution in [3.05, 3.63) is 16.1 Å². The minimum Gasteiger partial charge on any atom is -0.373 e. The van der Waals surface area contributed by atoms with Gasteiger partial charge in [-0.25, -0.2) is 4.98 Å². The first-order valence-corrected chi connectivity index (χ1v) is 7.98. The fraction of sp³-hybridized carbons (Fsp3) is 0.692.